The van der Waals surface area contributed by atoms with Crippen molar-refractivity contribution in [1.82, 2.24) is 20.4 Å². The number of thiophene rings is 1. The van der Waals surface area contributed by atoms with E-state index in [9.17, 15) is 0 Å². The predicted molar refractivity (Wildman–Crippen MR) is 109 cm³/mol. The zero-order valence-corrected chi connectivity index (χ0v) is 16.3. The molecule has 6 heteroatoms. The molecule has 0 amide bonds. The fraction of sp³-hybridized carbons (Fsp3) is 0.300. The summed E-state index contributed by atoms with van der Waals surface area (Å²) in [5.74, 6) is 0.807. The van der Waals surface area contributed by atoms with Gasteiger partial charge in [-0.25, -0.2) is 4.68 Å². The molecule has 2 N–H and O–H groups in total. The van der Waals surface area contributed by atoms with Crippen LogP contribution >= 0.6 is 11.3 Å². The van der Waals surface area contributed by atoms with Crippen LogP contribution in [0.1, 0.15) is 22.2 Å². The van der Waals surface area contributed by atoms with Gasteiger partial charge < -0.3 is 10.6 Å². The van der Waals surface area contributed by atoms with Crippen LogP contribution in [0.25, 0.3) is 5.69 Å². The van der Waals surface area contributed by atoms with Gasteiger partial charge in [0.25, 0.3) is 0 Å². The smallest absolute Gasteiger partial charge is 0.191 e. The number of nitrogens with one attached hydrogen (secondary N) is 2. The van der Waals surface area contributed by atoms with E-state index in [0.717, 1.165) is 18.1 Å². The first-order chi connectivity index (χ1) is 12.7. The molecule has 0 saturated heterocycles. The Morgan fingerprint density at radius 1 is 1.23 bits per heavy atom. The first-order valence-corrected chi connectivity index (χ1v) is 9.58. The molecule has 5 nitrogen and oxygen atoms in total. The van der Waals surface area contributed by atoms with Crippen LogP contribution in [0.4, 0.5) is 0 Å². The van der Waals surface area contributed by atoms with Gasteiger partial charge in [-0.3, -0.25) is 4.99 Å². The average molecular weight is 368 g/mol. The Labute approximate surface area is 158 Å². The van der Waals surface area contributed by atoms with Gasteiger partial charge in [-0.2, -0.15) is 5.10 Å². The van der Waals surface area contributed by atoms with Gasteiger partial charge >= 0.3 is 0 Å². The lowest BCUT2D eigenvalue weighted by atomic mass is 10.2. The van der Waals surface area contributed by atoms with Crippen LogP contribution in [-0.2, 0) is 13.0 Å². The van der Waals surface area contributed by atoms with Gasteiger partial charge in [-0.05, 0) is 43.7 Å². The molecule has 0 saturated carbocycles. The third-order valence-corrected chi connectivity index (χ3v) is 5.12. The average Bonchev–Trinajstić information content (AvgIpc) is 3.31. The summed E-state index contributed by atoms with van der Waals surface area (Å²) < 4.78 is 1.88. The molecule has 3 rings (SSSR count). The molecule has 0 radical (unpaired) electrons. The number of aliphatic imine (C=N–C) groups is 1. The van der Waals surface area contributed by atoms with Crippen molar-refractivity contribution in [2.24, 2.45) is 4.99 Å². The molecular formula is C20H25N5S. The van der Waals surface area contributed by atoms with E-state index in [-0.39, 0.29) is 0 Å². The number of hydrogen-bond acceptors (Lipinski definition) is 3. The van der Waals surface area contributed by atoms with Crippen molar-refractivity contribution in [3.63, 3.8) is 0 Å². The van der Waals surface area contributed by atoms with Crippen molar-refractivity contribution in [3.05, 3.63) is 70.2 Å². The molecule has 3 aromatic rings. The highest BCUT2D eigenvalue weighted by Crippen LogP contribution is 2.17. The summed E-state index contributed by atoms with van der Waals surface area (Å²) in [4.78, 5) is 7.10. The lowest BCUT2D eigenvalue weighted by Crippen LogP contribution is -2.42. The summed E-state index contributed by atoms with van der Waals surface area (Å²) >= 11 is 1.85. The van der Waals surface area contributed by atoms with Crippen LogP contribution in [0.15, 0.2) is 59.9 Å². The Hall–Kier alpha value is -2.60. The second-order valence-electron chi connectivity index (χ2n) is 6.27. The molecule has 1 unspecified atom stereocenters. The maximum Gasteiger partial charge on any atom is 0.191 e. The summed E-state index contributed by atoms with van der Waals surface area (Å²) in [6.07, 6.45) is 4.73. The standard InChI is InChI=1S/C20H25N5S/c1-15(13-18-10-9-16(2)26-18)24-20(21-3)22-14-17-7-4-5-8-19(17)25-12-6-11-23-25/h4-12,15H,13-14H2,1-3H3,(H2,21,22,24). The topological polar surface area (TPSA) is 54.2 Å². The number of benzene rings is 1. The first-order valence-electron chi connectivity index (χ1n) is 8.76. The van der Waals surface area contributed by atoms with Crippen molar-refractivity contribution in [2.75, 3.05) is 7.05 Å². The van der Waals surface area contributed by atoms with Crippen molar-refractivity contribution >= 4 is 17.3 Å². The number of rotatable bonds is 6. The lowest BCUT2D eigenvalue weighted by Gasteiger charge is -2.18. The number of aryl methyl sites for hydroxylation is 1. The third kappa shape index (κ3) is 4.73. The number of guanidine groups is 1. The van der Waals surface area contributed by atoms with E-state index in [0.29, 0.717) is 12.6 Å². The molecule has 0 spiro atoms. The number of nitrogens with zero attached hydrogens (tertiary/aromatic N) is 3. The number of para-hydroxylation sites is 1. The van der Waals surface area contributed by atoms with Crippen LogP contribution in [0.5, 0.6) is 0 Å². The fourth-order valence-corrected chi connectivity index (χ4v) is 3.87. The van der Waals surface area contributed by atoms with Crippen LogP contribution in [0.2, 0.25) is 0 Å². The van der Waals surface area contributed by atoms with Crippen LogP contribution in [-0.4, -0.2) is 28.8 Å². The van der Waals surface area contributed by atoms with Crippen molar-refractivity contribution < 1.29 is 0 Å². The van der Waals surface area contributed by atoms with Crippen molar-refractivity contribution in [3.8, 4) is 5.69 Å². The van der Waals surface area contributed by atoms with Gasteiger partial charge in [0.15, 0.2) is 5.96 Å². The van der Waals surface area contributed by atoms with Crippen LogP contribution in [0.3, 0.4) is 0 Å². The highest BCUT2D eigenvalue weighted by molar-refractivity contribution is 7.11. The van der Waals surface area contributed by atoms with Gasteiger partial charge in [-0.1, -0.05) is 18.2 Å². The zero-order chi connectivity index (χ0) is 18.4. The molecule has 0 bridgehead atoms. The second-order valence-corrected chi connectivity index (χ2v) is 7.64. The largest absolute Gasteiger partial charge is 0.354 e. The molecule has 1 atom stereocenters. The SMILES string of the molecule is CN=C(NCc1ccccc1-n1cccn1)NC(C)Cc1ccc(C)s1. The Kier molecular flexibility index (Phi) is 6.07. The highest BCUT2D eigenvalue weighted by Gasteiger charge is 2.09. The van der Waals surface area contributed by atoms with Crippen LogP contribution in [0, 0.1) is 6.92 Å². The third-order valence-electron chi connectivity index (χ3n) is 4.10. The minimum Gasteiger partial charge on any atom is -0.354 e. The maximum absolute atomic E-state index is 4.36. The van der Waals surface area contributed by atoms with Crippen molar-refractivity contribution in [1.29, 1.82) is 0 Å². The monoisotopic (exact) mass is 367 g/mol. The molecule has 0 aliphatic heterocycles. The van der Waals surface area contributed by atoms with Gasteiger partial charge in [0.05, 0.1) is 5.69 Å². The summed E-state index contributed by atoms with van der Waals surface area (Å²) in [7, 11) is 1.80. The molecule has 0 fully saturated rings. The fourth-order valence-electron chi connectivity index (χ4n) is 2.85. The minimum absolute atomic E-state index is 0.306. The quantitative estimate of drug-likeness (QED) is 0.518. The molecule has 0 aliphatic carbocycles. The molecule has 136 valence electrons. The van der Waals surface area contributed by atoms with E-state index in [1.807, 2.05) is 40.4 Å². The molecule has 0 aliphatic rings. The maximum atomic E-state index is 4.36. The van der Waals surface area contributed by atoms with E-state index >= 15 is 0 Å². The van der Waals surface area contributed by atoms with E-state index in [4.69, 9.17) is 0 Å². The van der Waals surface area contributed by atoms with E-state index in [1.165, 1.54) is 15.3 Å². The van der Waals surface area contributed by atoms with E-state index in [1.54, 1.807) is 13.2 Å². The Morgan fingerprint density at radius 2 is 2.08 bits per heavy atom. The lowest BCUT2D eigenvalue weighted by molar-refractivity contribution is 0.644. The predicted octanol–water partition coefficient (Wildman–Crippen LogP) is 3.54. The summed E-state index contributed by atoms with van der Waals surface area (Å²) in [6.45, 7) is 5.00. The Bertz CT molecular complexity index is 851. The normalized spacial score (nSPS) is 12.8. The first kappa shape index (κ1) is 18.2. The second kappa shape index (κ2) is 8.67. The minimum atomic E-state index is 0.306. The summed E-state index contributed by atoms with van der Waals surface area (Å²) in [5.41, 5.74) is 2.24. The number of hydrogen-bond donors (Lipinski definition) is 2. The van der Waals surface area contributed by atoms with E-state index < -0.39 is 0 Å². The molecule has 2 aromatic heterocycles. The van der Waals surface area contributed by atoms with Gasteiger partial charge in [-0.15, -0.1) is 11.3 Å². The molecule has 2 heterocycles. The molecule has 1 aromatic carbocycles. The number of aromatic nitrogens is 2. The highest BCUT2D eigenvalue weighted by atomic mass is 32.1. The van der Waals surface area contributed by atoms with Gasteiger partial charge in [0.2, 0.25) is 0 Å². The molecule has 26 heavy (non-hydrogen) atoms. The summed E-state index contributed by atoms with van der Waals surface area (Å²) in [5, 5.41) is 11.2. The van der Waals surface area contributed by atoms with Gasteiger partial charge in [0, 0.05) is 48.2 Å². The van der Waals surface area contributed by atoms with Gasteiger partial charge in [0.1, 0.15) is 0 Å². The molecular weight excluding hydrogens is 342 g/mol. The Balaban J connectivity index is 1.59. The van der Waals surface area contributed by atoms with Crippen molar-refractivity contribution in [2.45, 2.75) is 32.9 Å². The van der Waals surface area contributed by atoms with Crippen LogP contribution < -0.4 is 10.6 Å². The van der Waals surface area contributed by atoms with E-state index in [2.05, 4.69) is 58.8 Å². The zero-order valence-electron chi connectivity index (χ0n) is 15.4. The summed E-state index contributed by atoms with van der Waals surface area (Å²) in [6, 6.07) is 14.9. The Morgan fingerprint density at radius 3 is 2.77 bits per heavy atom.